The van der Waals surface area contributed by atoms with Crippen molar-refractivity contribution in [2.45, 2.75) is 32.6 Å². The van der Waals surface area contributed by atoms with Crippen molar-refractivity contribution >= 4 is 5.97 Å². The lowest BCUT2D eigenvalue weighted by Gasteiger charge is -2.15. The van der Waals surface area contributed by atoms with Gasteiger partial charge in [-0.05, 0) is 20.3 Å². The SMILES string of the molecule is CCc1cnc(C(C)(C)C(=O)O)[nH]1. The number of hydrogen-bond donors (Lipinski definition) is 2. The molecule has 0 aliphatic rings. The summed E-state index contributed by atoms with van der Waals surface area (Å²) in [5, 5.41) is 8.92. The van der Waals surface area contributed by atoms with Crippen molar-refractivity contribution in [3.05, 3.63) is 17.7 Å². The van der Waals surface area contributed by atoms with Gasteiger partial charge in [-0.1, -0.05) is 6.92 Å². The fourth-order valence-corrected chi connectivity index (χ4v) is 0.958. The van der Waals surface area contributed by atoms with Crippen molar-refractivity contribution in [3.63, 3.8) is 0 Å². The van der Waals surface area contributed by atoms with Crippen LogP contribution in [-0.2, 0) is 16.6 Å². The van der Waals surface area contributed by atoms with E-state index in [1.54, 1.807) is 20.0 Å². The van der Waals surface area contributed by atoms with E-state index in [-0.39, 0.29) is 0 Å². The third-order valence-electron chi connectivity index (χ3n) is 2.14. The highest BCUT2D eigenvalue weighted by Gasteiger charge is 2.32. The molecular weight excluding hydrogens is 168 g/mol. The molecule has 4 nitrogen and oxygen atoms in total. The lowest BCUT2D eigenvalue weighted by molar-refractivity contribution is -0.142. The molecule has 0 aromatic carbocycles. The average Bonchev–Trinajstić information content (AvgIpc) is 2.51. The van der Waals surface area contributed by atoms with Gasteiger partial charge in [0.05, 0.1) is 0 Å². The molecular formula is C9H14N2O2. The molecule has 1 rings (SSSR count). The van der Waals surface area contributed by atoms with Crippen molar-refractivity contribution in [2.24, 2.45) is 0 Å². The molecule has 2 N–H and O–H groups in total. The van der Waals surface area contributed by atoms with Crippen molar-refractivity contribution < 1.29 is 9.90 Å². The Morgan fingerprint density at radius 3 is 2.69 bits per heavy atom. The van der Waals surface area contributed by atoms with Gasteiger partial charge in [0, 0.05) is 11.9 Å². The van der Waals surface area contributed by atoms with Gasteiger partial charge < -0.3 is 10.1 Å². The number of imidazole rings is 1. The van der Waals surface area contributed by atoms with Gasteiger partial charge in [-0.2, -0.15) is 0 Å². The quantitative estimate of drug-likeness (QED) is 0.741. The van der Waals surface area contributed by atoms with Crippen molar-refractivity contribution in [3.8, 4) is 0 Å². The molecule has 0 atom stereocenters. The molecule has 1 aromatic rings. The summed E-state index contributed by atoms with van der Waals surface area (Å²) in [6, 6.07) is 0. The predicted molar refractivity (Wildman–Crippen MR) is 48.6 cm³/mol. The highest BCUT2D eigenvalue weighted by Crippen LogP contribution is 2.20. The van der Waals surface area contributed by atoms with Crippen molar-refractivity contribution in [2.75, 3.05) is 0 Å². The molecule has 1 heterocycles. The molecule has 0 amide bonds. The summed E-state index contributed by atoms with van der Waals surface area (Å²) in [5.74, 6) is -0.360. The number of aromatic amines is 1. The fraction of sp³-hybridized carbons (Fsp3) is 0.556. The van der Waals surface area contributed by atoms with Crippen LogP contribution in [0.15, 0.2) is 6.20 Å². The first-order valence-corrected chi connectivity index (χ1v) is 4.26. The minimum Gasteiger partial charge on any atom is -0.481 e. The molecule has 0 fully saturated rings. The topological polar surface area (TPSA) is 66.0 Å². The lowest BCUT2D eigenvalue weighted by atomic mass is 9.93. The van der Waals surface area contributed by atoms with Crippen molar-refractivity contribution in [1.29, 1.82) is 0 Å². The molecule has 0 unspecified atom stereocenters. The summed E-state index contributed by atoms with van der Waals surface area (Å²) in [7, 11) is 0. The monoisotopic (exact) mass is 182 g/mol. The Morgan fingerprint density at radius 2 is 2.31 bits per heavy atom. The summed E-state index contributed by atoms with van der Waals surface area (Å²) >= 11 is 0. The zero-order valence-electron chi connectivity index (χ0n) is 8.09. The zero-order valence-corrected chi connectivity index (χ0v) is 8.09. The molecule has 0 aliphatic heterocycles. The van der Waals surface area contributed by atoms with E-state index in [4.69, 9.17) is 5.11 Å². The molecule has 0 aliphatic carbocycles. The number of nitrogens with one attached hydrogen (secondary N) is 1. The van der Waals surface area contributed by atoms with Gasteiger partial charge in [0.2, 0.25) is 0 Å². The number of carboxylic acids is 1. The maximum absolute atomic E-state index is 10.9. The maximum atomic E-state index is 10.9. The second-order valence-corrected chi connectivity index (χ2v) is 3.54. The largest absolute Gasteiger partial charge is 0.481 e. The number of carbonyl (C=O) groups is 1. The second-order valence-electron chi connectivity index (χ2n) is 3.54. The number of nitrogens with zero attached hydrogens (tertiary/aromatic N) is 1. The maximum Gasteiger partial charge on any atom is 0.316 e. The van der Waals surface area contributed by atoms with Crippen LogP contribution in [0.2, 0.25) is 0 Å². The highest BCUT2D eigenvalue weighted by atomic mass is 16.4. The van der Waals surface area contributed by atoms with Crippen LogP contribution in [0.1, 0.15) is 32.3 Å². The van der Waals surface area contributed by atoms with Gasteiger partial charge in [0.25, 0.3) is 0 Å². The third kappa shape index (κ3) is 1.71. The van der Waals surface area contributed by atoms with Gasteiger partial charge in [-0.3, -0.25) is 4.79 Å². The van der Waals surface area contributed by atoms with E-state index in [0.717, 1.165) is 12.1 Å². The van der Waals surface area contributed by atoms with Gasteiger partial charge >= 0.3 is 5.97 Å². The Balaban J connectivity index is 3.00. The van der Waals surface area contributed by atoms with E-state index >= 15 is 0 Å². The molecule has 0 spiro atoms. The Hall–Kier alpha value is -1.32. The number of carboxylic acid groups (broad SMARTS) is 1. The molecule has 0 saturated heterocycles. The van der Waals surface area contributed by atoms with E-state index in [2.05, 4.69) is 9.97 Å². The highest BCUT2D eigenvalue weighted by molar-refractivity contribution is 5.78. The molecule has 0 saturated carbocycles. The van der Waals surface area contributed by atoms with Crippen LogP contribution in [0.5, 0.6) is 0 Å². The first kappa shape index (κ1) is 9.77. The molecule has 0 radical (unpaired) electrons. The molecule has 4 heteroatoms. The summed E-state index contributed by atoms with van der Waals surface area (Å²) in [4.78, 5) is 17.9. The molecule has 0 bridgehead atoms. The number of hydrogen-bond acceptors (Lipinski definition) is 2. The van der Waals surface area contributed by atoms with Crippen LogP contribution in [0.4, 0.5) is 0 Å². The first-order chi connectivity index (χ1) is 5.98. The molecule has 1 aromatic heterocycles. The summed E-state index contributed by atoms with van der Waals surface area (Å²) in [6.07, 6.45) is 2.52. The summed E-state index contributed by atoms with van der Waals surface area (Å²) in [6.45, 7) is 5.26. The number of aryl methyl sites for hydroxylation is 1. The van der Waals surface area contributed by atoms with E-state index < -0.39 is 11.4 Å². The van der Waals surface area contributed by atoms with Gasteiger partial charge in [-0.15, -0.1) is 0 Å². The third-order valence-corrected chi connectivity index (χ3v) is 2.14. The van der Waals surface area contributed by atoms with E-state index in [0.29, 0.717) is 5.82 Å². The van der Waals surface area contributed by atoms with Crippen LogP contribution < -0.4 is 0 Å². The summed E-state index contributed by atoms with van der Waals surface area (Å²) < 4.78 is 0. The van der Waals surface area contributed by atoms with E-state index in [9.17, 15) is 4.79 Å². The first-order valence-electron chi connectivity index (χ1n) is 4.26. The molecule has 72 valence electrons. The van der Waals surface area contributed by atoms with Crippen molar-refractivity contribution in [1.82, 2.24) is 9.97 Å². The van der Waals surface area contributed by atoms with Crippen LogP contribution in [0, 0.1) is 0 Å². The predicted octanol–water partition coefficient (Wildman–Crippen LogP) is 1.33. The van der Waals surface area contributed by atoms with E-state index in [1.165, 1.54) is 0 Å². The van der Waals surface area contributed by atoms with Crippen LogP contribution in [-0.4, -0.2) is 21.0 Å². The number of aliphatic carboxylic acids is 1. The van der Waals surface area contributed by atoms with Gasteiger partial charge in [0.1, 0.15) is 11.2 Å². The van der Waals surface area contributed by atoms with Crippen LogP contribution in [0.25, 0.3) is 0 Å². The molecule has 13 heavy (non-hydrogen) atoms. The Labute approximate surface area is 77.0 Å². The number of rotatable bonds is 3. The average molecular weight is 182 g/mol. The minimum absolute atomic E-state index is 0.511. The number of H-pyrrole nitrogens is 1. The second kappa shape index (κ2) is 3.20. The van der Waals surface area contributed by atoms with Gasteiger partial charge in [-0.25, -0.2) is 4.98 Å². The normalized spacial score (nSPS) is 11.6. The Morgan fingerprint density at radius 1 is 1.69 bits per heavy atom. The zero-order chi connectivity index (χ0) is 10.1. The minimum atomic E-state index is -0.937. The fourth-order valence-electron chi connectivity index (χ4n) is 0.958. The van der Waals surface area contributed by atoms with Gasteiger partial charge in [0.15, 0.2) is 0 Å². The smallest absolute Gasteiger partial charge is 0.316 e. The van der Waals surface area contributed by atoms with Crippen LogP contribution >= 0.6 is 0 Å². The standard InChI is InChI=1S/C9H14N2O2/c1-4-6-5-10-7(11-6)9(2,3)8(12)13/h5H,4H2,1-3H3,(H,10,11)(H,12,13). The Kier molecular flexibility index (Phi) is 2.40. The van der Waals surface area contributed by atoms with Crippen LogP contribution in [0.3, 0.4) is 0 Å². The number of aromatic nitrogens is 2. The summed E-state index contributed by atoms with van der Waals surface area (Å²) in [5.41, 5.74) is 0.0253. The lowest BCUT2D eigenvalue weighted by Crippen LogP contribution is -2.29. The van der Waals surface area contributed by atoms with E-state index in [1.807, 2.05) is 6.92 Å². The Bertz CT molecular complexity index is 315.